The van der Waals surface area contributed by atoms with Crippen molar-refractivity contribution in [2.75, 3.05) is 26.2 Å². The minimum Gasteiger partial charge on any atom is -0.493 e. The number of rotatable bonds is 8. The number of ether oxygens (including phenoxy) is 1. The molecule has 112 valence electrons. The lowest BCUT2D eigenvalue weighted by Gasteiger charge is -2.12. The average molecular weight is 277 g/mol. The minimum absolute atomic E-state index is 0.713. The Labute approximate surface area is 122 Å². The van der Waals surface area contributed by atoms with Gasteiger partial charge in [-0.15, -0.1) is 0 Å². The second-order valence-electron chi connectivity index (χ2n) is 4.65. The summed E-state index contributed by atoms with van der Waals surface area (Å²) < 4.78 is 5.76. The van der Waals surface area contributed by atoms with Crippen molar-refractivity contribution in [3.05, 3.63) is 29.8 Å². The van der Waals surface area contributed by atoms with Crippen LogP contribution < -0.4 is 15.4 Å². The van der Waals surface area contributed by atoms with E-state index in [1.54, 1.807) is 0 Å². The van der Waals surface area contributed by atoms with E-state index < -0.39 is 0 Å². The molecule has 0 bridgehead atoms. The van der Waals surface area contributed by atoms with Crippen LogP contribution in [0.3, 0.4) is 0 Å². The molecule has 0 radical (unpaired) electrons. The fraction of sp³-hybridized carbons (Fsp3) is 0.562. The predicted molar refractivity (Wildman–Crippen MR) is 85.6 cm³/mol. The van der Waals surface area contributed by atoms with Crippen molar-refractivity contribution in [2.45, 2.75) is 33.6 Å². The van der Waals surface area contributed by atoms with Crippen LogP contribution in [-0.4, -0.2) is 32.2 Å². The quantitative estimate of drug-likeness (QED) is 0.436. The van der Waals surface area contributed by atoms with Gasteiger partial charge in [-0.1, -0.05) is 25.1 Å². The molecule has 0 atom stereocenters. The summed E-state index contributed by atoms with van der Waals surface area (Å²) in [6.07, 6.45) is 2.01. The highest BCUT2D eigenvalue weighted by Gasteiger charge is 1.98. The Morgan fingerprint density at radius 1 is 1.20 bits per heavy atom. The summed E-state index contributed by atoms with van der Waals surface area (Å²) >= 11 is 0. The summed E-state index contributed by atoms with van der Waals surface area (Å²) in [4.78, 5) is 4.46. The number of hydrogen-bond donors (Lipinski definition) is 2. The molecule has 2 N–H and O–H groups in total. The van der Waals surface area contributed by atoms with Crippen LogP contribution in [0.25, 0.3) is 0 Å². The Morgan fingerprint density at radius 3 is 2.70 bits per heavy atom. The number of benzene rings is 1. The van der Waals surface area contributed by atoms with Crippen molar-refractivity contribution in [2.24, 2.45) is 4.99 Å². The second kappa shape index (κ2) is 10.1. The molecule has 0 amide bonds. The lowest BCUT2D eigenvalue weighted by atomic mass is 10.2. The molecule has 0 heterocycles. The first-order valence-electron chi connectivity index (χ1n) is 7.48. The lowest BCUT2D eigenvalue weighted by Crippen LogP contribution is -2.38. The Hall–Kier alpha value is -1.71. The minimum atomic E-state index is 0.713. The van der Waals surface area contributed by atoms with Crippen LogP contribution in [0.1, 0.15) is 32.3 Å². The van der Waals surface area contributed by atoms with Gasteiger partial charge >= 0.3 is 0 Å². The molecular weight excluding hydrogens is 250 g/mol. The van der Waals surface area contributed by atoms with Crippen molar-refractivity contribution in [1.29, 1.82) is 0 Å². The zero-order valence-electron chi connectivity index (χ0n) is 12.9. The zero-order chi connectivity index (χ0) is 14.6. The first kappa shape index (κ1) is 16.3. The van der Waals surface area contributed by atoms with E-state index in [9.17, 15) is 0 Å². The molecule has 0 aliphatic rings. The molecule has 0 saturated heterocycles. The molecule has 0 spiro atoms. The molecule has 4 nitrogen and oxygen atoms in total. The number of aryl methyl sites for hydroxylation is 1. The summed E-state index contributed by atoms with van der Waals surface area (Å²) in [7, 11) is 0. The molecule has 0 aliphatic heterocycles. The van der Waals surface area contributed by atoms with Gasteiger partial charge in [0.25, 0.3) is 0 Å². The summed E-state index contributed by atoms with van der Waals surface area (Å²) in [5.74, 6) is 1.87. The summed E-state index contributed by atoms with van der Waals surface area (Å²) in [6.45, 7) is 9.58. The van der Waals surface area contributed by atoms with E-state index in [0.29, 0.717) is 6.61 Å². The van der Waals surface area contributed by atoms with Gasteiger partial charge in [-0.2, -0.15) is 0 Å². The van der Waals surface area contributed by atoms with Crippen molar-refractivity contribution in [3.8, 4) is 5.75 Å². The van der Waals surface area contributed by atoms with E-state index in [4.69, 9.17) is 4.74 Å². The van der Waals surface area contributed by atoms with Crippen LogP contribution in [0.4, 0.5) is 0 Å². The highest BCUT2D eigenvalue weighted by atomic mass is 16.5. The van der Waals surface area contributed by atoms with Gasteiger partial charge in [0.1, 0.15) is 5.75 Å². The highest BCUT2D eigenvalue weighted by molar-refractivity contribution is 5.79. The Morgan fingerprint density at radius 2 is 2.00 bits per heavy atom. The molecule has 0 unspecified atom stereocenters. The zero-order valence-corrected chi connectivity index (χ0v) is 12.9. The standard InChI is InChI=1S/C16H27N3O/c1-4-11-18-16(17-5-2)19-12-8-13-20-15-10-7-6-9-14(15)3/h6-7,9-10H,4-5,8,11-13H2,1-3H3,(H2,17,18,19). The predicted octanol–water partition coefficient (Wildman–Crippen LogP) is 2.73. The number of nitrogens with one attached hydrogen (secondary N) is 2. The molecule has 1 aromatic rings. The number of hydrogen-bond acceptors (Lipinski definition) is 2. The highest BCUT2D eigenvalue weighted by Crippen LogP contribution is 2.15. The third kappa shape index (κ3) is 6.45. The average Bonchev–Trinajstić information content (AvgIpc) is 2.46. The van der Waals surface area contributed by atoms with Gasteiger partial charge in [0.15, 0.2) is 5.96 Å². The van der Waals surface area contributed by atoms with Crippen molar-refractivity contribution < 1.29 is 4.74 Å². The second-order valence-corrected chi connectivity index (χ2v) is 4.65. The largest absolute Gasteiger partial charge is 0.493 e. The number of aliphatic imine (C=N–C) groups is 1. The maximum absolute atomic E-state index is 5.76. The van der Waals surface area contributed by atoms with Crippen LogP contribution in [0, 0.1) is 6.92 Å². The van der Waals surface area contributed by atoms with Crippen LogP contribution in [-0.2, 0) is 0 Å². The monoisotopic (exact) mass is 277 g/mol. The Bertz CT molecular complexity index is 404. The van der Waals surface area contributed by atoms with Gasteiger partial charge in [-0.05, 0) is 38.3 Å². The fourth-order valence-electron chi connectivity index (χ4n) is 1.74. The third-order valence-corrected chi connectivity index (χ3v) is 2.80. The van der Waals surface area contributed by atoms with E-state index in [-0.39, 0.29) is 0 Å². The Balaban J connectivity index is 2.22. The van der Waals surface area contributed by atoms with E-state index in [1.807, 2.05) is 18.2 Å². The van der Waals surface area contributed by atoms with Gasteiger partial charge in [-0.25, -0.2) is 0 Å². The summed E-state index contributed by atoms with van der Waals surface area (Å²) in [5.41, 5.74) is 1.18. The van der Waals surface area contributed by atoms with E-state index in [2.05, 4.69) is 42.5 Å². The number of para-hydroxylation sites is 1. The molecule has 0 aliphatic carbocycles. The fourth-order valence-corrected chi connectivity index (χ4v) is 1.74. The molecule has 0 aromatic heterocycles. The lowest BCUT2D eigenvalue weighted by molar-refractivity contribution is 0.309. The summed E-state index contributed by atoms with van der Waals surface area (Å²) in [6, 6.07) is 8.10. The molecule has 0 fully saturated rings. The Kier molecular flexibility index (Phi) is 8.27. The molecule has 20 heavy (non-hydrogen) atoms. The van der Waals surface area contributed by atoms with Gasteiger partial charge in [-0.3, -0.25) is 4.99 Å². The van der Waals surface area contributed by atoms with E-state index in [0.717, 1.165) is 44.2 Å². The number of guanidine groups is 1. The van der Waals surface area contributed by atoms with Crippen LogP contribution in [0.15, 0.2) is 29.3 Å². The van der Waals surface area contributed by atoms with E-state index >= 15 is 0 Å². The molecule has 0 saturated carbocycles. The van der Waals surface area contributed by atoms with Crippen molar-refractivity contribution >= 4 is 5.96 Å². The molecular formula is C16H27N3O. The molecule has 1 aromatic carbocycles. The molecule has 4 heteroatoms. The van der Waals surface area contributed by atoms with Crippen LogP contribution >= 0.6 is 0 Å². The van der Waals surface area contributed by atoms with Crippen molar-refractivity contribution in [3.63, 3.8) is 0 Å². The normalized spacial score (nSPS) is 11.2. The number of nitrogens with zero attached hydrogens (tertiary/aromatic N) is 1. The third-order valence-electron chi connectivity index (χ3n) is 2.80. The SMILES string of the molecule is CCCN=C(NCC)NCCCOc1ccccc1C. The summed E-state index contributed by atoms with van der Waals surface area (Å²) in [5, 5.41) is 6.55. The van der Waals surface area contributed by atoms with Crippen molar-refractivity contribution in [1.82, 2.24) is 10.6 Å². The molecule has 1 rings (SSSR count). The van der Waals surface area contributed by atoms with Crippen LogP contribution in [0.2, 0.25) is 0 Å². The van der Waals surface area contributed by atoms with Gasteiger partial charge < -0.3 is 15.4 Å². The smallest absolute Gasteiger partial charge is 0.191 e. The maximum Gasteiger partial charge on any atom is 0.191 e. The first-order chi connectivity index (χ1) is 9.77. The van der Waals surface area contributed by atoms with Crippen LogP contribution in [0.5, 0.6) is 5.75 Å². The van der Waals surface area contributed by atoms with Gasteiger partial charge in [0.2, 0.25) is 0 Å². The van der Waals surface area contributed by atoms with Gasteiger partial charge in [0.05, 0.1) is 6.61 Å². The topological polar surface area (TPSA) is 45.7 Å². The van der Waals surface area contributed by atoms with E-state index in [1.165, 1.54) is 5.56 Å². The first-order valence-corrected chi connectivity index (χ1v) is 7.48. The van der Waals surface area contributed by atoms with Gasteiger partial charge in [0, 0.05) is 19.6 Å². The maximum atomic E-state index is 5.76.